The van der Waals surface area contributed by atoms with Gasteiger partial charge in [0.2, 0.25) is 0 Å². The molecular weight excluding hydrogens is 954 g/mol. The van der Waals surface area contributed by atoms with Crippen molar-refractivity contribution in [3.63, 3.8) is 0 Å². The Kier molecular flexibility index (Phi) is 10.2. The largest absolute Gasteiger partial charge is 0.507 e. The summed E-state index contributed by atoms with van der Waals surface area (Å²) in [7, 11) is 0. The minimum atomic E-state index is -0.235. The number of hydrogen-bond acceptors (Lipinski definition) is 4. The predicted octanol–water partition coefficient (Wildman–Crippen LogP) is 14.5. The van der Waals surface area contributed by atoms with Gasteiger partial charge in [-0.25, -0.2) is 4.98 Å². The Labute approximate surface area is 380 Å². The van der Waals surface area contributed by atoms with Crippen molar-refractivity contribution in [2.75, 3.05) is 0 Å². The molecule has 0 fully saturated rings. The predicted molar refractivity (Wildman–Crippen MR) is 252 cm³/mol. The summed E-state index contributed by atoms with van der Waals surface area (Å²) in [6, 6.07) is 70.1. The zero-order chi connectivity index (χ0) is 41.8. The third-order valence-corrected chi connectivity index (χ3v) is 12.2. The first kappa shape index (κ1) is 39.8. The number of aromatic nitrogens is 3. The standard InChI is InChI=1S/C57H40N3O2.Pt/c1-57(2,42-20-8-4-9-21-42)43-22-14-19-38(36-43)39-33-40(35-41(34-39)52-55-48(31-32-58-52)47-25-12-13-30-51(47)62-55)45-26-16-29-50-53(45)59-56(60(50)44-23-10-5-11-24-44)49-28-15-27-46(54(49)61)37-17-6-3-7-18-37;/h3-34,36,61H,1-2H3;/q-1;. The molecule has 1 N–H and O–H groups in total. The summed E-state index contributed by atoms with van der Waals surface area (Å²) in [4.78, 5) is 10.4. The molecule has 63 heavy (non-hydrogen) atoms. The first-order chi connectivity index (χ1) is 30.4. The van der Waals surface area contributed by atoms with Gasteiger partial charge in [0.15, 0.2) is 0 Å². The van der Waals surface area contributed by atoms with Gasteiger partial charge in [-0.05, 0) is 58.7 Å². The third kappa shape index (κ3) is 6.95. The summed E-state index contributed by atoms with van der Waals surface area (Å²) < 4.78 is 8.70. The number of hydrogen-bond donors (Lipinski definition) is 1. The SMILES string of the molecule is CC(C)(c1ccccc1)c1cccc(-c2cc(-c3cccc4c3nc(-c3cccc(-c5ccccc5)c3O)n4-c3ccccc3)[c-]c(-c3nccc4c3oc3ccccc34)c2)c1.[Pt]. The smallest absolute Gasteiger partial charge is 0.148 e. The van der Waals surface area contributed by atoms with E-state index in [-0.39, 0.29) is 32.2 Å². The molecule has 0 amide bonds. The molecule has 306 valence electrons. The molecule has 3 heterocycles. The average Bonchev–Trinajstić information content (AvgIpc) is 3.92. The molecule has 0 spiro atoms. The number of pyridine rings is 1. The molecule has 8 aromatic carbocycles. The van der Waals surface area contributed by atoms with Crippen molar-refractivity contribution in [1.82, 2.24) is 14.5 Å². The second-order valence-corrected chi connectivity index (χ2v) is 16.3. The number of aromatic hydroxyl groups is 1. The Morgan fingerprint density at radius 1 is 0.556 bits per heavy atom. The van der Waals surface area contributed by atoms with Crippen LogP contribution in [0.1, 0.15) is 25.0 Å². The van der Waals surface area contributed by atoms with Gasteiger partial charge in [-0.15, -0.1) is 23.8 Å². The van der Waals surface area contributed by atoms with Crippen LogP contribution in [-0.4, -0.2) is 19.6 Å². The van der Waals surface area contributed by atoms with Crippen LogP contribution in [0.2, 0.25) is 0 Å². The summed E-state index contributed by atoms with van der Waals surface area (Å²) in [6.45, 7) is 4.55. The van der Waals surface area contributed by atoms with Crippen molar-refractivity contribution in [2.45, 2.75) is 19.3 Å². The monoisotopic (exact) mass is 993 g/mol. The zero-order valence-corrected chi connectivity index (χ0v) is 36.8. The molecule has 0 unspecified atom stereocenters. The van der Waals surface area contributed by atoms with Gasteiger partial charge in [-0.1, -0.05) is 176 Å². The van der Waals surface area contributed by atoms with E-state index < -0.39 is 0 Å². The summed E-state index contributed by atoms with van der Waals surface area (Å²) in [5, 5.41) is 14.1. The van der Waals surface area contributed by atoms with Crippen molar-refractivity contribution in [1.29, 1.82) is 0 Å². The minimum Gasteiger partial charge on any atom is -0.507 e. The van der Waals surface area contributed by atoms with Crippen LogP contribution in [0.15, 0.2) is 205 Å². The van der Waals surface area contributed by atoms with Crippen LogP contribution in [0, 0.1) is 6.07 Å². The maximum atomic E-state index is 12.0. The number of para-hydroxylation sites is 4. The van der Waals surface area contributed by atoms with Crippen LogP contribution in [0.5, 0.6) is 5.75 Å². The van der Waals surface area contributed by atoms with Gasteiger partial charge >= 0.3 is 0 Å². The topological polar surface area (TPSA) is 64.1 Å². The van der Waals surface area contributed by atoms with Crippen molar-refractivity contribution < 1.29 is 30.6 Å². The van der Waals surface area contributed by atoms with E-state index in [9.17, 15) is 5.11 Å². The number of fused-ring (bicyclic) bond motifs is 4. The van der Waals surface area contributed by atoms with Crippen molar-refractivity contribution >= 4 is 33.0 Å². The van der Waals surface area contributed by atoms with Crippen LogP contribution < -0.4 is 0 Å². The number of phenols is 1. The molecule has 0 bridgehead atoms. The zero-order valence-electron chi connectivity index (χ0n) is 34.6. The maximum absolute atomic E-state index is 12.0. The van der Waals surface area contributed by atoms with E-state index in [4.69, 9.17) is 14.4 Å². The van der Waals surface area contributed by atoms with Gasteiger partial charge in [0.25, 0.3) is 0 Å². The molecule has 11 rings (SSSR count). The minimum absolute atomic E-state index is 0. The van der Waals surface area contributed by atoms with E-state index in [0.717, 1.165) is 77.6 Å². The molecule has 0 aliphatic rings. The Hall–Kier alpha value is -7.33. The van der Waals surface area contributed by atoms with E-state index in [2.05, 4.69) is 128 Å². The third-order valence-electron chi connectivity index (χ3n) is 12.2. The summed E-state index contributed by atoms with van der Waals surface area (Å²) in [6.07, 6.45) is 1.85. The van der Waals surface area contributed by atoms with E-state index >= 15 is 0 Å². The first-order valence-electron chi connectivity index (χ1n) is 20.9. The molecule has 6 heteroatoms. The Balaban J connectivity index is 0.00000471. The van der Waals surface area contributed by atoms with Gasteiger partial charge < -0.3 is 9.52 Å². The number of phenolic OH excluding ortho intramolecular Hbond substituents is 1. The molecule has 0 radical (unpaired) electrons. The number of rotatable bonds is 8. The number of benzene rings is 8. The van der Waals surface area contributed by atoms with Gasteiger partial charge in [0, 0.05) is 60.4 Å². The van der Waals surface area contributed by atoms with Crippen LogP contribution in [-0.2, 0) is 26.5 Å². The Morgan fingerprint density at radius 3 is 2.00 bits per heavy atom. The Morgan fingerprint density at radius 2 is 1.19 bits per heavy atom. The van der Waals surface area contributed by atoms with Crippen molar-refractivity contribution in [3.05, 3.63) is 218 Å². The van der Waals surface area contributed by atoms with Crippen molar-refractivity contribution in [2.24, 2.45) is 0 Å². The summed E-state index contributed by atoms with van der Waals surface area (Å²) in [5.74, 6) is 0.807. The molecule has 0 aliphatic carbocycles. The molecule has 0 aliphatic heterocycles. The maximum Gasteiger partial charge on any atom is 0.148 e. The van der Waals surface area contributed by atoms with E-state index in [0.29, 0.717) is 17.1 Å². The van der Waals surface area contributed by atoms with Gasteiger partial charge in [0.1, 0.15) is 22.7 Å². The number of nitrogens with zero attached hydrogens (tertiary/aromatic N) is 3. The fourth-order valence-electron chi connectivity index (χ4n) is 8.87. The Bertz CT molecular complexity index is 3450. The van der Waals surface area contributed by atoms with Gasteiger partial charge in [0.05, 0.1) is 16.6 Å². The second-order valence-electron chi connectivity index (χ2n) is 16.3. The molecule has 5 nitrogen and oxygen atoms in total. The average molecular weight is 994 g/mol. The van der Waals surface area contributed by atoms with Gasteiger partial charge in [-0.3, -0.25) is 9.55 Å². The number of furan rings is 1. The molecule has 3 aromatic heterocycles. The molecule has 11 aromatic rings. The van der Waals surface area contributed by atoms with E-state index in [1.54, 1.807) is 0 Å². The van der Waals surface area contributed by atoms with Crippen LogP contribution in [0.3, 0.4) is 0 Å². The molecule has 0 saturated carbocycles. The fourth-order valence-corrected chi connectivity index (χ4v) is 8.87. The quantitative estimate of drug-likeness (QED) is 0.154. The summed E-state index contributed by atoms with van der Waals surface area (Å²) >= 11 is 0. The molecule has 0 atom stereocenters. The van der Waals surface area contributed by atoms with Crippen molar-refractivity contribution in [3.8, 4) is 67.5 Å². The van der Waals surface area contributed by atoms with Crippen LogP contribution in [0.4, 0.5) is 0 Å². The first-order valence-corrected chi connectivity index (χ1v) is 20.9. The molecule has 0 saturated heterocycles. The second kappa shape index (κ2) is 16.2. The fraction of sp³-hybridized carbons (Fsp3) is 0.0526. The van der Waals surface area contributed by atoms with E-state index in [1.807, 2.05) is 97.2 Å². The number of imidazole rings is 1. The van der Waals surface area contributed by atoms with Crippen LogP contribution in [0.25, 0.3) is 94.7 Å². The normalized spacial score (nSPS) is 11.6. The molecular formula is C57H40N3O2Pt-. The van der Waals surface area contributed by atoms with Crippen LogP contribution >= 0.6 is 0 Å². The summed E-state index contributed by atoms with van der Waals surface area (Å²) in [5.41, 5.74) is 14.0. The van der Waals surface area contributed by atoms with E-state index in [1.165, 1.54) is 11.1 Å². The van der Waals surface area contributed by atoms with Gasteiger partial charge in [-0.2, -0.15) is 0 Å².